The molecule has 2 aromatic heterocycles. The summed E-state index contributed by atoms with van der Waals surface area (Å²) >= 11 is 0. The number of allylic oxidation sites excluding steroid dienone is 2. The van der Waals surface area contributed by atoms with E-state index in [1.165, 1.54) is 12.3 Å². The van der Waals surface area contributed by atoms with E-state index in [1.807, 2.05) is 13.2 Å². The van der Waals surface area contributed by atoms with Crippen molar-refractivity contribution in [3.63, 3.8) is 0 Å². The highest BCUT2D eigenvalue weighted by Crippen LogP contribution is 2.34. The number of likely N-dealkylation sites (tertiary alicyclic amines) is 1. The van der Waals surface area contributed by atoms with E-state index in [-0.39, 0.29) is 29.0 Å². The highest BCUT2D eigenvalue weighted by molar-refractivity contribution is 6.29. The van der Waals surface area contributed by atoms with E-state index >= 15 is 0 Å². The Kier molecular flexibility index (Phi) is 10.4. The molecule has 0 spiro atoms. The summed E-state index contributed by atoms with van der Waals surface area (Å²) in [6.07, 6.45) is 12.1. The first-order valence-electron chi connectivity index (χ1n) is 14.1. The van der Waals surface area contributed by atoms with Gasteiger partial charge in [-0.05, 0) is 63.8 Å². The molecular formula is C31H44N8O2. The molecule has 0 saturated carbocycles. The number of hydrogen-bond donors (Lipinski definition) is 3. The molecule has 3 rings (SSSR count). The summed E-state index contributed by atoms with van der Waals surface area (Å²) in [6, 6.07) is 1.90. The smallest absolute Gasteiger partial charge is 0.259 e. The number of anilines is 2. The fourth-order valence-electron chi connectivity index (χ4n) is 5.33. The van der Waals surface area contributed by atoms with Crippen LogP contribution in [0.2, 0.25) is 0 Å². The topological polar surface area (TPSA) is 131 Å². The van der Waals surface area contributed by atoms with E-state index in [9.17, 15) is 9.59 Å². The second-order valence-corrected chi connectivity index (χ2v) is 11.3. The number of nitrogens with zero attached hydrogens (tertiary/aromatic N) is 5. The lowest BCUT2D eigenvalue weighted by molar-refractivity contribution is -0.117. The van der Waals surface area contributed by atoms with Crippen LogP contribution in [0.3, 0.4) is 0 Å². The average molecular weight is 561 g/mol. The van der Waals surface area contributed by atoms with Crippen molar-refractivity contribution in [2.75, 3.05) is 17.2 Å². The molecule has 1 unspecified atom stereocenters. The second kappa shape index (κ2) is 13.5. The fraction of sp³-hybridized carbons (Fsp3) is 0.452. The molecule has 1 fully saturated rings. The zero-order chi connectivity index (χ0) is 30.3. The lowest BCUT2D eigenvalue weighted by Crippen LogP contribution is -2.43. The van der Waals surface area contributed by atoms with Gasteiger partial charge in [0.25, 0.3) is 5.91 Å². The van der Waals surface area contributed by atoms with Crippen LogP contribution in [-0.4, -0.2) is 55.3 Å². The van der Waals surface area contributed by atoms with Gasteiger partial charge in [0, 0.05) is 49.2 Å². The number of nitrogens with one attached hydrogen (secondary N) is 2. The number of carbonyl (C=O) groups excluding carboxylic acids is 2. The van der Waals surface area contributed by atoms with Gasteiger partial charge in [0.15, 0.2) is 0 Å². The monoisotopic (exact) mass is 560 g/mol. The third-order valence-electron chi connectivity index (χ3n) is 7.57. The Labute approximate surface area is 243 Å². The summed E-state index contributed by atoms with van der Waals surface area (Å²) in [5, 5.41) is 10.1. The van der Waals surface area contributed by atoms with Crippen molar-refractivity contribution < 1.29 is 9.59 Å². The molecule has 1 atom stereocenters. The van der Waals surface area contributed by atoms with Crippen LogP contribution in [0, 0.1) is 12.8 Å². The molecule has 41 heavy (non-hydrogen) atoms. The predicted molar refractivity (Wildman–Crippen MR) is 166 cm³/mol. The predicted octanol–water partition coefficient (Wildman–Crippen LogP) is 4.82. The van der Waals surface area contributed by atoms with Crippen molar-refractivity contribution in [2.24, 2.45) is 23.7 Å². The normalized spacial score (nSPS) is 18.0. The Morgan fingerprint density at radius 3 is 2.61 bits per heavy atom. The molecule has 0 aromatic carbocycles. The number of nitrogens with two attached hydrogens (primary N) is 1. The van der Waals surface area contributed by atoms with E-state index in [2.05, 4.69) is 71.8 Å². The molecule has 220 valence electrons. The number of amides is 2. The molecule has 10 nitrogen and oxygen atoms in total. The van der Waals surface area contributed by atoms with Gasteiger partial charge < -0.3 is 16.4 Å². The first-order chi connectivity index (χ1) is 19.4. The van der Waals surface area contributed by atoms with E-state index < -0.39 is 5.91 Å². The van der Waals surface area contributed by atoms with E-state index in [0.717, 1.165) is 30.5 Å². The van der Waals surface area contributed by atoms with Crippen LogP contribution in [0.1, 0.15) is 65.1 Å². The summed E-state index contributed by atoms with van der Waals surface area (Å²) < 4.78 is 1.73. The molecule has 2 amide bonds. The third-order valence-corrected chi connectivity index (χ3v) is 7.57. The molecule has 3 heterocycles. The van der Waals surface area contributed by atoms with E-state index in [0.29, 0.717) is 29.2 Å². The molecule has 0 aliphatic carbocycles. The Balaban J connectivity index is 1.75. The molecule has 1 aliphatic heterocycles. The summed E-state index contributed by atoms with van der Waals surface area (Å²) in [5.41, 5.74) is 9.91. The first kappa shape index (κ1) is 31.5. The van der Waals surface area contributed by atoms with Gasteiger partial charge in [-0.15, -0.1) is 0 Å². The molecule has 1 aliphatic rings. The van der Waals surface area contributed by atoms with Crippen molar-refractivity contribution in [2.45, 2.75) is 72.4 Å². The fourth-order valence-corrected chi connectivity index (χ4v) is 5.33. The van der Waals surface area contributed by atoms with Gasteiger partial charge in [-0.2, -0.15) is 5.10 Å². The number of aryl methyl sites for hydroxylation is 2. The first-order valence-corrected chi connectivity index (χ1v) is 14.1. The zero-order valence-electron chi connectivity index (χ0n) is 25.4. The lowest BCUT2D eigenvalue weighted by Gasteiger charge is -2.34. The molecule has 1 saturated heterocycles. The molecular weight excluding hydrogens is 516 g/mol. The minimum atomic E-state index is -0.466. The van der Waals surface area contributed by atoms with Crippen molar-refractivity contribution >= 4 is 34.5 Å². The minimum Gasteiger partial charge on any atom is -0.404 e. The van der Waals surface area contributed by atoms with Crippen LogP contribution in [0.15, 0.2) is 60.3 Å². The largest absolute Gasteiger partial charge is 0.404 e. The third kappa shape index (κ3) is 7.79. The van der Waals surface area contributed by atoms with Gasteiger partial charge in [0.1, 0.15) is 0 Å². The van der Waals surface area contributed by atoms with Gasteiger partial charge in [0.05, 0.1) is 40.7 Å². The van der Waals surface area contributed by atoms with Crippen molar-refractivity contribution in [1.82, 2.24) is 19.7 Å². The molecule has 0 bridgehead atoms. The highest BCUT2D eigenvalue weighted by atomic mass is 16.2. The second-order valence-electron chi connectivity index (χ2n) is 11.3. The zero-order valence-corrected chi connectivity index (χ0v) is 25.4. The van der Waals surface area contributed by atoms with Crippen LogP contribution >= 0.6 is 0 Å². The maximum atomic E-state index is 13.3. The Hall–Kier alpha value is -4.05. The van der Waals surface area contributed by atoms with Gasteiger partial charge >= 0.3 is 0 Å². The lowest BCUT2D eigenvalue weighted by atomic mass is 9.99. The van der Waals surface area contributed by atoms with Gasteiger partial charge in [-0.1, -0.05) is 27.4 Å². The van der Waals surface area contributed by atoms with Crippen LogP contribution in [0.4, 0.5) is 11.4 Å². The number of carbonyl (C=O) groups is 2. The van der Waals surface area contributed by atoms with Gasteiger partial charge in [0.2, 0.25) is 5.91 Å². The highest BCUT2D eigenvalue weighted by Gasteiger charge is 2.38. The van der Waals surface area contributed by atoms with Crippen LogP contribution in [0.25, 0.3) is 5.57 Å². The van der Waals surface area contributed by atoms with Crippen molar-refractivity contribution in [3.8, 4) is 0 Å². The number of aliphatic imine (C=N–C) groups is 1. The standard InChI is InChI=1S/C31H44N8O2/c1-9-27(34-18-26(20(3)4)22-16-35-38(8)19-22)25(15-32)30(41)37-28-13-23(17-33-21(28)5)36-29(40)14-24-11-12-31(6,7)39(24)10-2/h9,13,15-20,24H,1,10-12,14,32H2,2-8H3,(H,36,40)(H,37,41)/b25-15+,26-18+,34-27+. The summed E-state index contributed by atoms with van der Waals surface area (Å²) in [7, 11) is 1.85. The number of rotatable bonds is 11. The number of pyridine rings is 1. The Morgan fingerprint density at radius 2 is 2.02 bits per heavy atom. The van der Waals surface area contributed by atoms with E-state index in [1.54, 1.807) is 36.3 Å². The van der Waals surface area contributed by atoms with Gasteiger partial charge in [-0.25, -0.2) is 0 Å². The van der Waals surface area contributed by atoms with Crippen LogP contribution in [0.5, 0.6) is 0 Å². The Morgan fingerprint density at radius 1 is 1.29 bits per heavy atom. The van der Waals surface area contributed by atoms with Crippen LogP contribution < -0.4 is 16.4 Å². The summed E-state index contributed by atoms with van der Waals surface area (Å²) in [6.45, 7) is 17.2. The molecule has 4 N–H and O–H groups in total. The number of aromatic nitrogens is 3. The Bertz CT molecular complexity index is 1370. The SMILES string of the molecule is C=CC(=N\C=C(\c1cnn(C)c1)C(C)C)/C(=C\N)C(=O)Nc1cc(NC(=O)CC2CCC(C)(C)N2CC)cnc1C. The number of hydrogen-bond acceptors (Lipinski definition) is 7. The minimum absolute atomic E-state index is 0.0842. The molecule has 0 radical (unpaired) electrons. The van der Waals surface area contributed by atoms with E-state index in [4.69, 9.17) is 5.73 Å². The van der Waals surface area contributed by atoms with Crippen molar-refractivity contribution in [3.05, 3.63) is 66.5 Å². The maximum Gasteiger partial charge on any atom is 0.259 e. The average Bonchev–Trinajstić information content (AvgIpc) is 3.46. The maximum absolute atomic E-state index is 13.3. The van der Waals surface area contributed by atoms with Crippen LogP contribution in [-0.2, 0) is 16.6 Å². The van der Waals surface area contributed by atoms with Crippen molar-refractivity contribution in [1.29, 1.82) is 0 Å². The summed E-state index contributed by atoms with van der Waals surface area (Å²) in [5.74, 6) is -0.378. The quantitative estimate of drug-likeness (QED) is 0.267. The van der Waals surface area contributed by atoms with Gasteiger partial charge in [-0.3, -0.25) is 29.1 Å². The molecule has 10 heteroatoms. The summed E-state index contributed by atoms with van der Waals surface area (Å²) in [4.78, 5) is 37.5. The molecule has 2 aromatic rings.